The second kappa shape index (κ2) is 7.89. The van der Waals surface area contributed by atoms with Crippen molar-refractivity contribution >= 4 is 29.2 Å². The summed E-state index contributed by atoms with van der Waals surface area (Å²) >= 11 is 6.01. The SMILES string of the molecule is COC(=O)[C@H]1Cc2ccccc2CN1CC(=O)Nc1cc(Cl)ccc1C. The molecule has 0 radical (unpaired) electrons. The molecule has 6 heteroatoms. The van der Waals surface area contributed by atoms with Gasteiger partial charge in [0.25, 0.3) is 0 Å². The van der Waals surface area contributed by atoms with Crippen LogP contribution in [0.5, 0.6) is 0 Å². The number of esters is 1. The van der Waals surface area contributed by atoms with Crippen LogP contribution in [0.4, 0.5) is 5.69 Å². The Morgan fingerprint density at radius 1 is 1.23 bits per heavy atom. The molecule has 1 atom stereocenters. The summed E-state index contributed by atoms with van der Waals surface area (Å²) in [5.41, 5.74) is 3.84. The Labute approximate surface area is 157 Å². The van der Waals surface area contributed by atoms with Crippen LogP contribution in [0.25, 0.3) is 0 Å². The van der Waals surface area contributed by atoms with E-state index < -0.39 is 6.04 Å². The molecule has 0 saturated heterocycles. The number of fused-ring (bicyclic) bond motifs is 1. The maximum atomic E-state index is 12.6. The summed E-state index contributed by atoms with van der Waals surface area (Å²) in [5, 5.41) is 3.44. The lowest BCUT2D eigenvalue weighted by atomic mass is 9.94. The first-order valence-corrected chi connectivity index (χ1v) is 8.80. The van der Waals surface area contributed by atoms with Gasteiger partial charge in [-0.1, -0.05) is 41.9 Å². The van der Waals surface area contributed by atoms with Crippen LogP contribution < -0.4 is 5.32 Å². The Morgan fingerprint density at radius 2 is 1.96 bits per heavy atom. The van der Waals surface area contributed by atoms with Gasteiger partial charge in [-0.3, -0.25) is 14.5 Å². The molecule has 26 heavy (non-hydrogen) atoms. The minimum atomic E-state index is -0.471. The number of hydrogen-bond acceptors (Lipinski definition) is 4. The molecule has 0 unspecified atom stereocenters. The van der Waals surface area contributed by atoms with Gasteiger partial charge in [-0.15, -0.1) is 0 Å². The van der Waals surface area contributed by atoms with Crippen LogP contribution in [0.3, 0.4) is 0 Å². The smallest absolute Gasteiger partial charge is 0.323 e. The van der Waals surface area contributed by atoms with E-state index in [0.29, 0.717) is 23.7 Å². The van der Waals surface area contributed by atoms with Crippen LogP contribution in [0.1, 0.15) is 16.7 Å². The molecule has 3 rings (SSSR count). The van der Waals surface area contributed by atoms with E-state index >= 15 is 0 Å². The topological polar surface area (TPSA) is 58.6 Å². The molecule has 1 amide bonds. The van der Waals surface area contributed by atoms with Crippen molar-refractivity contribution in [3.8, 4) is 0 Å². The zero-order valence-corrected chi connectivity index (χ0v) is 15.5. The molecule has 0 aliphatic carbocycles. The predicted molar refractivity (Wildman–Crippen MR) is 101 cm³/mol. The monoisotopic (exact) mass is 372 g/mol. The average molecular weight is 373 g/mol. The number of rotatable bonds is 4. The summed E-state index contributed by atoms with van der Waals surface area (Å²) in [5.74, 6) is -0.519. The molecule has 0 spiro atoms. The number of anilines is 1. The molecule has 5 nitrogen and oxygen atoms in total. The molecule has 0 fully saturated rings. The predicted octanol–water partition coefficient (Wildman–Crippen LogP) is 3.19. The molecule has 0 aromatic heterocycles. The van der Waals surface area contributed by atoms with Crippen molar-refractivity contribution in [3.63, 3.8) is 0 Å². The number of benzene rings is 2. The zero-order chi connectivity index (χ0) is 18.7. The summed E-state index contributed by atoms with van der Waals surface area (Å²) in [4.78, 5) is 26.6. The van der Waals surface area contributed by atoms with Gasteiger partial charge < -0.3 is 10.1 Å². The summed E-state index contributed by atoms with van der Waals surface area (Å²) in [6.07, 6.45) is 0.534. The number of carbonyl (C=O) groups excluding carboxylic acids is 2. The highest BCUT2D eigenvalue weighted by molar-refractivity contribution is 6.31. The van der Waals surface area contributed by atoms with Gasteiger partial charge in [0, 0.05) is 17.3 Å². The van der Waals surface area contributed by atoms with Crippen LogP contribution in [-0.2, 0) is 27.3 Å². The van der Waals surface area contributed by atoms with Crippen LogP contribution >= 0.6 is 11.6 Å². The van der Waals surface area contributed by atoms with Gasteiger partial charge in [-0.05, 0) is 42.2 Å². The second-order valence-electron chi connectivity index (χ2n) is 6.42. The number of amides is 1. The van der Waals surface area contributed by atoms with Gasteiger partial charge in [-0.25, -0.2) is 0 Å². The minimum Gasteiger partial charge on any atom is -0.468 e. The molecule has 1 aliphatic heterocycles. The van der Waals surface area contributed by atoms with Gasteiger partial charge in [0.2, 0.25) is 5.91 Å². The van der Waals surface area contributed by atoms with Crippen LogP contribution in [0.15, 0.2) is 42.5 Å². The Kier molecular flexibility index (Phi) is 5.59. The number of halogens is 1. The van der Waals surface area contributed by atoms with Gasteiger partial charge in [0.15, 0.2) is 0 Å². The Morgan fingerprint density at radius 3 is 2.69 bits per heavy atom. The van der Waals surface area contributed by atoms with Crippen molar-refractivity contribution in [1.82, 2.24) is 4.90 Å². The van der Waals surface area contributed by atoms with Crippen LogP contribution in [-0.4, -0.2) is 36.5 Å². The third-order valence-corrected chi connectivity index (χ3v) is 4.87. The van der Waals surface area contributed by atoms with Gasteiger partial charge in [0.1, 0.15) is 6.04 Å². The normalized spacial score (nSPS) is 16.7. The molecule has 0 bridgehead atoms. The van der Waals surface area contributed by atoms with Crippen molar-refractivity contribution in [1.29, 1.82) is 0 Å². The van der Waals surface area contributed by atoms with Crippen molar-refractivity contribution in [3.05, 3.63) is 64.2 Å². The van der Waals surface area contributed by atoms with Crippen molar-refractivity contribution in [2.45, 2.75) is 25.9 Å². The van der Waals surface area contributed by atoms with Gasteiger partial charge in [-0.2, -0.15) is 0 Å². The molecule has 136 valence electrons. The second-order valence-corrected chi connectivity index (χ2v) is 6.86. The number of nitrogens with one attached hydrogen (secondary N) is 1. The fraction of sp³-hybridized carbons (Fsp3) is 0.300. The lowest BCUT2D eigenvalue weighted by molar-refractivity contribution is -0.148. The highest BCUT2D eigenvalue weighted by atomic mass is 35.5. The van der Waals surface area contributed by atoms with E-state index in [2.05, 4.69) is 5.32 Å². The summed E-state index contributed by atoms with van der Waals surface area (Å²) in [7, 11) is 1.37. The maximum Gasteiger partial charge on any atom is 0.323 e. The van der Waals surface area contributed by atoms with Crippen molar-refractivity contribution in [2.24, 2.45) is 0 Å². The summed E-state index contributed by atoms with van der Waals surface area (Å²) < 4.78 is 4.94. The molecular weight excluding hydrogens is 352 g/mol. The quantitative estimate of drug-likeness (QED) is 0.837. The van der Waals surface area contributed by atoms with Crippen LogP contribution in [0, 0.1) is 6.92 Å². The molecule has 2 aromatic carbocycles. The highest BCUT2D eigenvalue weighted by Gasteiger charge is 2.33. The third-order valence-electron chi connectivity index (χ3n) is 4.64. The standard InChI is InChI=1S/C20H21ClN2O3/c1-13-7-8-16(21)10-17(13)22-19(24)12-23-11-15-6-4-3-5-14(15)9-18(23)20(25)26-2/h3-8,10,18H,9,11-12H2,1-2H3,(H,22,24)/t18-/m1/s1. The maximum absolute atomic E-state index is 12.6. The third kappa shape index (κ3) is 4.06. The summed E-state index contributed by atoms with van der Waals surface area (Å²) in [6.45, 7) is 2.53. The van der Waals surface area contributed by atoms with E-state index in [0.717, 1.165) is 16.7 Å². The number of methoxy groups -OCH3 is 1. The molecule has 0 saturated carbocycles. The lowest BCUT2D eigenvalue weighted by Gasteiger charge is -2.34. The molecule has 1 aliphatic rings. The van der Waals surface area contributed by atoms with Gasteiger partial charge >= 0.3 is 5.97 Å². The zero-order valence-electron chi connectivity index (χ0n) is 14.8. The van der Waals surface area contributed by atoms with Crippen molar-refractivity contribution in [2.75, 3.05) is 19.0 Å². The number of ether oxygens (including phenoxy) is 1. The van der Waals surface area contributed by atoms with Crippen LogP contribution in [0.2, 0.25) is 5.02 Å². The van der Waals surface area contributed by atoms with Gasteiger partial charge in [0.05, 0.1) is 13.7 Å². The minimum absolute atomic E-state index is 0.0973. The molecule has 1 heterocycles. The van der Waals surface area contributed by atoms with Crippen molar-refractivity contribution < 1.29 is 14.3 Å². The Balaban J connectivity index is 1.76. The Bertz CT molecular complexity index is 838. The fourth-order valence-electron chi connectivity index (χ4n) is 3.21. The lowest BCUT2D eigenvalue weighted by Crippen LogP contribution is -2.49. The summed E-state index contributed by atoms with van der Waals surface area (Å²) in [6, 6.07) is 12.8. The molecular formula is C20H21ClN2O3. The fourth-order valence-corrected chi connectivity index (χ4v) is 3.39. The van der Waals surface area contributed by atoms with E-state index in [1.807, 2.05) is 42.2 Å². The van der Waals surface area contributed by atoms with E-state index in [-0.39, 0.29) is 18.4 Å². The first-order valence-electron chi connectivity index (χ1n) is 8.42. The van der Waals surface area contributed by atoms with E-state index in [1.54, 1.807) is 12.1 Å². The molecule has 2 aromatic rings. The number of carbonyl (C=O) groups is 2. The average Bonchev–Trinajstić information content (AvgIpc) is 2.63. The molecule has 1 N–H and O–H groups in total. The largest absolute Gasteiger partial charge is 0.468 e. The number of aryl methyl sites for hydroxylation is 1. The number of nitrogens with zero attached hydrogens (tertiary/aromatic N) is 1. The van der Waals surface area contributed by atoms with E-state index in [9.17, 15) is 9.59 Å². The first kappa shape index (κ1) is 18.4. The number of hydrogen-bond donors (Lipinski definition) is 1. The van der Waals surface area contributed by atoms with E-state index in [1.165, 1.54) is 7.11 Å². The highest BCUT2D eigenvalue weighted by Crippen LogP contribution is 2.24. The Hall–Kier alpha value is -2.37. The van der Waals surface area contributed by atoms with E-state index in [4.69, 9.17) is 16.3 Å². The first-order chi connectivity index (χ1) is 12.5.